The maximum atomic E-state index is 11.8. The minimum Gasteiger partial charge on any atom is -0.394 e. The summed E-state index contributed by atoms with van der Waals surface area (Å²) < 4.78 is 69.0. The lowest BCUT2D eigenvalue weighted by atomic mass is 9.94. The molecule has 1 amide bonds. The summed E-state index contributed by atoms with van der Waals surface area (Å²) in [7, 11) is 0. The van der Waals surface area contributed by atoms with Crippen molar-refractivity contribution in [2.45, 2.75) is 184 Å². The Morgan fingerprint density at radius 2 is 0.622 bits per heavy atom. The number of amides is 1. The highest BCUT2D eigenvalue weighted by molar-refractivity contribution is 5.86. The molecule has 30 atom stereocenters. The fraction of sp³-hybridized carbons (Fsp3) is 0.927. The highest BCUT2D eigenvalue weighted by atomic mass is 17.2. The molecule has 0 spiro atoms. The van der Waals surface area contributed by atoms with Gasteiger partial charge in [-0.2, -0.15) is 0 Å². The van der Waals surface area contributed by atoms with Crippen molar-refractivity contribution < 1.29 is 158 Å². The lowest BCUT2D eigenvalue weighted by molar-refractivity contribution is -0.430. The largest absolute Gasteiger partial charge is 0.394 e. The monoisotopic (exact) mass is 1090 g/mol. The van der Waals surface area contributed by atoms with Crippen LogP contribution in [0.5, 0.6) is 0 Å². The first-order valence-electron chi connectivity index (χ1n) is 23.5. The van der Waals surface area contributed by atoms with E-state index in [0.29, 0.717) is 0 Å². The first kappa shape index (κ1) is 59.6. The van der Waals surface area contributed by atoms with Gasteiger partial charge < -0.3 is 149 Å². The van der Waals surface area contributed by atoms with Gasteiger partial charge in [-0.05, 0) is 6.08 Å². The summed E-state index contributed by atoms with van der Waals surface area (Å²) in [6, 6.07) is 0. The van der Waals surface area contributed by atoms with Gasteiger partial charge in [-0.25, -0.2) is 9.78 Å². The van der Waals surface area contributed by atoms with Crippen LogP contribution in [-0.4, -0.2) is 330 Å². The van der Waals surface area contributed by atoms with Gasteiger partial charge in [-0.3, -0.25) is 4.79 Å². The van der Waals surface area contributed by atoms with E-state index in [0.717, 1.165) is 6.08 Å². The van der Waals surface area contributed by atoms with Crippen LogP contribution in [0.15, 0.2) is 12.7 Å². The Kier molecular flexibility index (Phi) is 21.2. The number of aliphatic hydroxyl groups is 17. The van der Waals surface area contributed by atoms with Crippen LogP contribution >= 0.6 is 0 Å². The van der Waals surface area contributed by atoms with E-state index >= 15 is 0 Å². The van der Waals surface area contributed by atoms with Crippen molar-refractivity contribution in [3.63, 3.8) is 0 Å². The zero-order valence-corrected chi connectivity index (χ0v) is 39.0. The molecule has 0 aromatic heterocycles. The molecule has 22 rings (SSSR count). The Morgan fingerprint density at radius 3 is 0.878 bits per heavy atom. The third-order valence-electron chi connectivity index (χ3n) is 13.5. The van der Waals surface area contributed by atoms with Gasteiger partial charge in [-0.1, -0.05) is 6.58 Å². The number of carbonyl (C=O) groups is 1. The van der Waals surface area contributed by atoms with E-state index in [1.54, 1.807) is 0 Å². The molecule has 22 aliphatic heterocycles. The first-order valence-corrected chi connectivity index (χ1v) is 23.5. The second-order valence-electron chi connectivity index (χ2n) is 18.2. The molecule has 22 heterocycles. The van der Waals surface area contributed by atoms with Crippen LogP contribution in [0.25, 0.3) is 0 Å². The molecule has 18 N–H and O–H groups in total. The molecule has 0 aromatic carbocycles. The molecular weight excluding hydrogens is 1020 g/mol. The Morgan fingerprint density at radius 1 is 0.378 bits per heavy atom. The predicted octanol–water partition coefficient (Wildman–Crippen LogP) is -12.8. The van der Waals surface area contributed by atoms with Crippen LogP contribution in [-0.2, 0) is 71.4 Å². The van der Waals surface area contributed by atoms with E-state index in [2.05, 4.69) is 11.9 Å². The molecule has 22 fully saturated rings. The van der Waals surface area contributed by atoms with Crippen molar-refractivity contribution in [2.24, 2.45) is 0 Å². The van der Waals surface area contributed by atoms with Crippen molar-refractivity contribution >= 4 is 5.91 Å². The number of hydrogen-bond donors (Lipinski definition) is 18. The van der Waals surface area contributed by atoms with Gasteiger partial charge in [0.15, 0.2) is 43.8 Å². The third-order valence-corrected chi connectivity index (χ3v) is 13.5. The Balaban J connectivity index is 1.21. The number of ether oxygens (including phenoxy) is 12. The predicted molar refractivity (Wildman–Crippen MR) is 224 cm³/mol. The standard InChI is InChI=1S/C41H67NO32/c1-2-17(49)42-3-4-61-74-35-28(60)41-67-16(10-48)34(35)73-40-27(59)22(54)32(14(8-46)66-40)71-38-25(57)20(52)30(12(6-44)64-38)69-36-23(55)18(50)29(11(5-43)62-36)68-37-24(56)19(51)31(13(7-45)63-37)70-39-26(58)21(53)33(72-41)15(9-47)65-39/h2,11-16,18-41,43-48,50-60H,1,3-10H2,(H,42,49)/t11-,12-,13-,14-,15-,16-,18-,19-,20-,21-,22-,23-,24-,25-,26-,27-,28-,29-,30-,31-,32-,33-,34+,35-,36-,37-,38-,39-,40-,41-/m1/s1. The Labute approximate surface area is 418 Å². The minimum absolute atomic E-state index is 0.201. The van der Waals surface area contributed by atoms with Crippen LogP contribution in [0.4, 0.5) is 0 Å². The molecular formula is C41H67NO32. The molecule has 428 valence electrons. The van der Waals surface area contributed by atoms with Gasteiger partial charge in [0, 0.05) is 6.54 Å². The van der Waals surface area contributed by atoms with Crippen LogP contribution < -0.4 is 5.32 Å². The quantitative estimate of drug-likeness (QED) is 0.0373. The summed E-state index contributed by atoms with van der Waals surface area (Å²) in [5.41, 5.74) is 0. The Hall–Kier alpha value is -2.03. The molecule has 0 saturated carbocycles. The van der Waals surface area contributed by atoms with E-state index < -0.39 is 236 Å². The highest BCUT2D eigenvalue weighted by Gasteiger charge is 2.59. The second-order valence-corrected chi connectivity index (χ2v) is 18.2. The van der Waals surface area contributed by atoms with Crippen LogP contribution in [0.2, 0.25) is 0 Å². The number of carbonyl (C=O) groups excluding carboxylic acids is 1. The normalized spacial score (nSPS) is 50.5. The molecule has 0 aliphatic carbocycles. The van der Waals surface area contributed by atoms with Gasteiger partial charge in [-0.15, -0.1) is 0 Å². The van der Waals surface area contributed by atoms with Gasteiger partial charge in [0.05, 0.1) is 46.2 Å². The molecule has 22 aliphatic rings. The zero-order valence-electron chi connectivity index (χ0n) is 39.0. The molecule has 22 saturated heterocycles. The van der Waals surface area contributed by atoms with Gasteiger partial charge >= 0.3 is 0 Å². The Bertz CT molecular complexity index is 1750. The summed E-state index contributed by atoms with van der Waals surface area (Å²) in [5.74, 6) is -0.601. The van der Waals surface area contributed by atoms with Crippen molar-refractivity contribution in [1.29, 1.82) is 0 Å². The fourth-order valence-electron chi connectivity index (χ4n) is 9.44. The van der Waals surface area contributed by atoms with Gasteiger partial charge in [0.2, 0.25) is 5.91 Å². The number of aliphatic hydroxyl groups excluding tert-OH is 17. The van der Waals surface area contributed by atoms with E-state index in [-0.39, 0.29) is 6.54 Å². The van der Waals surface area contributed by atoms with Crippen LogP contribution in [0.3, 0.4) is 0 Å². The molecule has 12 bridgehead atoms. The lowest BCUT2D eigenvalue weighted by Crippen LogP contribution is -2.69. The van der Waals surface area contributed by atoms with Crippen LogP contribution in [0, 0.1) is 0 Å². The average molecular weight is 1090 g/mol. The van der Waals surface area contributed by atoms with Gasteiger partial charge in [0.1, 0.15) is 140 Å². The second kappa shape index (κ2) is 26.3. The SMILES string of the molecule is C=CC(=O)NCCOO[C@@H]1[C@@H](O)[C@H]2O[C@H]3[C@H](O)[C@@H](O)[C@@H](O[C@H]4[C@H](O)[C@@H](O)[C@@H](O[C@H]5[C@H](O)[C@@H](O)[C@@H](O[C@H]6[C@H](O)[C@@H](O)[C@@H](O[C@H]7[C@H](O)[C@@H](O)[C@@H](O[C@H]1[C@@H](CO)O2)O[C@@H]7CO)O[C@@H]6CO)O[C@@H]5CO)O[C@@H]4CO)O[C@@H]3CO. The average Bonchev–Trinajstić information content (AvgIpc) is 3.39. The highest BCUT2D eigenvalue weighted by Crippen LogP contribution is 2.38. The minimum atomic E-state index is -2.20. The zero-order chi connectivity index (χ0) is 53.9. The van der Waals surface area contributed by atoms with Crippen molar-refractivity contribution in [3.05, 3.63) is 12.7 Å². The summed E-state index contributed by atoms with van der Waals surface area (Å²) in [6.45, 7) is -3.44. The molecule has 0 aromatic rings. The summed E-state index contributed by atoms with van der Waals surface area (Å²) in [4.78, 5) is 22.4. The molecule has 0 unspecified atom stereocenters. The molecule has 33 nitrogen and oxygen atoms in total. The van der Waals surface area contributed by atoms with Crippen molar-refractivity contribution in [3.8, 4) is 0 Å². The fourth-order valence-corrected chi connectivity index (χ4v) is 9.44. The number of rotatable bonds is 12. The summed E-state index contributed by atoms with van der Waals surface area (Å²) >= 11 is 0. The van der Waals surface area contributed by atoms with Crippen molar-refractivity contribution in [2.75, 3.05) is 52.8 Å². The topological polar surface area (TPSA) is 502 Å². The number of nitrogens with one attached hydrogen (secondary N) is 1. The maximum absolute atomic E-state index is 11.8. The molecule has 33 heteroatoms. The van der Waals surface area contributed by atoms with Crippen molar-refractivity contribution in [1.82, 2.24) is 5.32 Å². The van der Waals surface area contributed by atoms with E-state index in [9.17, 15) is 91.6 Å². The molecule has 74 heavy (non-hydrogen) atoms. The summed E-state index contributed by atoms with van der Waals surface area (Å²) in [5, 5.41) is 190. The van der Waals surface area contributed by atoms with Crippen LogP contribution in [0.1, 0.15) is 0 Å². The van der Waals surface area contributed by atoms with E-state index in [1.807, 2.05) is 0 Å². The number of hydrogen-bond acceptors (Lipinski definition) is 32. The smallest absolute Gasteiger partial charge is 0.243 e. The summed E-state index contributed by atoms with van der Waals surface area (Å²) in [6.07, 6.45) is -58.2. The molecule has 0 radical (unpaired) electrons. The maximum Gasteiger partial charge on any atom is 0.243 e. The lowest BCUT2D eigenvalue weighted by Gasteiger charge is -2.50. The third kappa shape index (κ3) is 12.4. The van der Waals surface area contributed by atoms with E-state index in [1.165, 1.54) is 0 Å². The van der Waals surface area contributed by atoms with E-state index in [4.69, 9.17) is 66.6 Å². The van der Waals surface area contributed by atoms with Gasteiger partial charge in [0.25, 0.3) is 0 Å². The first-order chi connectivity index (χ1) is 35.4.